The van der Waals surface area contributed by atoms with E-state index < -0.39 is 5.97 Å². The summed E-state index contributed by atoms with van der Waals surface area (Å²) in [4.78, 5) is 14.2. The summed E-state index contributed by atoms with van der Waals surface area (Å²) in [6.45, 7) is 3.29. The Balaban J connectivity index is 2.12. The van der Waals surface area contributed by atoms with Gasteiger partial charge in [-0.25, -0.2) is 0 Å². The van der Waals surface area contributed by atoms with Crippen molar-refractivity contribution in [1.82, 2.24) is 4.90 Å². The molecule has 0 saturated carbocycles. The molecule has 1 N–H and O–H groups in total. The van der Waals surface area contributed by atoms with Crippen molar-refractivity contribution in [2.45, 2.75) is 45.1 Å². The van der Waals surface area contributed by atoms with Gasteiger partial charge in [-0.15, -0.1) is 11.3 Å². The maximum absolute atomic E-state index is 10.4. The number of carbonyl (C=O) groups is 1. The van der Waals surface area contributed by atoms with Crippen LogP contribution in [0.1, 0.15) is 37.5 Å². The number of likely N-dealkylation sites (N-methyl/N-ethyl adjacent to an activating group) is 1. The van der Waals surface area contributed by atoms with E-state index in [2.05, 4.69) is 36.4 Å². The maximum atomic E-state index is 10.4. The maximum Gasteiger partial charge on any atom is 0.303 e. The van der Waals surface area contributed by atoms with E-state index in [-0.39, 0.29) is 0 Å². The molecule has 0 saturated heterocycles. The molecule has 1 atom stereocenters. The van der Waals surface area contributed by atoms with Gasteiger partial charge in [-0.3, -0.25) is 4.79 Å². The summed E-state index contributed by atoms with van der Waals surface area (Å²) in [7, 11) is 2.15. The summed E-state index contributed by atoms with van der Waals surface area (Å²) in [6.07, 6.45) is 4.28. The Hall–Kier alpha value is -0.870. The predicted octanol–water partition coefficient (Wildman–Crippen LogP) is 3.26. The second-order valence-electron chi connectivity index (χ2n) is 4.82. The molecule has 0 radical (unpaired) electrons. The lowest BCUT2D eigenvalue weighted by molar-refractivity contribution is -0.137. The van der Waals surface area contributed by atoms with Crippen molar-refractivity contribution in [2.24, 2.45) is 0 Å². The predicted molar refractivity (Wildman–Crippen MR) is 76.2 cm³/mol. The molecule has 0 aliphatic heterocycles. The highest BCUT2D eigenvalue weighted by molar-refractivity contribution is 7.09. The molecule has 0 aliphatic rings. The minimum atomic E-state index is -0.686. The first-order valence-corrected chi connectivity index (χ1v) is 7.42. The summed E-state index contributed by atoms with van der Waals surface area (Å²) < 4.78 is 0. The fourth-order valence-electron chi connectivity index (χ4n) is 1.91. The molecule has 4 heteroatoms. The van der Waals surface area contributed by atoms with Crippen LogP contribution in [0.4, 0.5) is 0 Å². The Morgan fingerprint density at radius 1 is 1.44 bits per heavy atom. The van der Waals surface area contributed by atoms with E-state index in [1.807, 2.05) is 11.3 Å². The second kappa shape index (κ2) is 8.27. The monoisotopic (exact) mass is 269 g/mol. The third-order valence-electron chi connectivity index (χ3n) is 3.23. The van der Waals surface area contributed by atoms with Crippen molar-refractivity contribution in [2.75, 3.05) is 13.6 Å². The number of unbranched alkanes of at least 4 members (excludes halogenated alkanes) is 2. The molecule has 0 fully saturated rings. The van der Waals surface area contributed by atoms with Crippen molar-refractivity contribution >= 4 is 17.3 Å². The highest BCUT2D eigenvalue weighted by Crippen LogP contribution is 2.14. The molecular formula is C14H23NO2S. The van der Waals surface area contributed by atoms with E-state index in [0.29, 0.717) is 12.5 Å². The first-order chi connectivity index (χ1) is 8.59. The molecule has 0 aromatic carbocycles. The Labute approximate surface area is 113 Å². The zero-order valence-electron chi connectivity index (χ0n) is 11.3. The largest absolute Gasteiger partial charge is 0.481 e. The summed E-state index contributed by atoms with van der Waals surface area (Å²) in [6, 6.07) is 4.82. The first kappa shape index (κ1) is 15.2. The number of carboxylic acid groups (broad SMARTS) is 1. The molecule has 0 amide bonds. The Kier molecular flexibility index (Phi) is 6.98. The minimum absolute atomic E-state index is 0.300. The summed E-state index contributed by atoms with van der Waals surface area (Å²) >= 11 is 1.81. The Morgan fingerprint density at radius 3 is 2.83 bits per heavy atom. The molecule has 102 valence electrons. The van der Waals surface area contributed by atoms with Crippen LogP contribution in [0.25, 0.3) is 0 Å². The fourth-order valence-corrected chi connectivity index (χ4v) is 2.74. The van der Waals surface area contributed by atoms with E-state index >= 15 is 0 Å². The molecule has 0 aliphatic carbocycles. The van der Waals surface area contributed by atoms with Crippen LogP contribution in [-0.2, 0) is 11.2 Å². The summed E-state index contributed by atoms with van der Waals surface area (Å²) in [5, 5.41) is 10.7. The first-order valence-electron chi connectivity index (χ1n) is 6.54. The number of thiophene rings is 1. The van der Waals surface area contributed by atoms with Crippen LogP contribution >= 0.6 is 11.3 Å². The molecule has 1 aromatic heterocycles. The van der Waals surface area contributed by atoms with Crippen LogP contribution in [-0.4, -0.2) is 35.6 Å². The average molecular weight is 269 g/mol. The average Bonchev–Trinajstić information content (AvgIpc) is 2.80. The molecule has 1 aromatic rings. The van der Waals surface area contributed by atoms with Gasteiger partial charge in [-0.1, -0.05) is 12.5 Å². The zero-order chi connectivity index (χ0) is 13.4. The summed E-state index contributed by atoms with van der Waals surface area (Å²) in [5.41, 5.74) is 0. The zero-order valence-corrected chi connectivity index (χ0v) is 12.1. The molecule has 18 heavy (non-hydrogen) atoms. The highest BCUT2D eigenvalue weighted by atomic mass is 32.1. The van der Waals surface area contributed by atoms with Gasteiger partial charge < -0.3 is 10.0 Å². The van der Waals surface area contributed by atoms with Gasteiger partial charge in [0.05, 0.1) is 0 Å². The van der Waals surface area contributed by atoms with Crippen LogP contribution in [0, 0.1) is 0 Å². The standard InChI is InChI=1S/C14H23NO2S/c1-12(11-13-7-6-10-18-13)15(2)9-5-3-4-8-14(16)17/h6-7,10,12H,3-5,8-9,11H2,1-2H3,(H,16,17). The Morgan fingerprint density at radius 2 is 2.22 bits per heavy atom. The Bertz CT molecular complexity index is 338. The van der Waals surface area contributed by atoms with Crippen molar-refractivity contribution in [3.63, 3.8) is 0 Å². The molecule has 0 spiro atoms. The molecule has 3 nitrogen and oxygen atoms in total. The molecular weight excluding hydrogens is 246 g/mol. The topological polar surface area (TPSA) is 40.5 Å². The lowest BCUT2D eigenvalue weighted by Crippen LogP contribution is -2.31. The van der Waals surface area contributed by atoms with Gasteiger partial charge >= 0.3 is 5.97 Å². The van der Waals surface area contributed by atoms with Gasteiger partial charge in [0.25, 0.3) is 0 Å². The van der Waals surface area contributed by atoms with E-state index in [1.165, 1.54) is 4.88 Å². The molecule has 1 unspecified atom stereocenters. The smallest absolute Gasteiger partial charge is 0.303 e. The number of nitrogens with zero attached hydrogens (tertiary/aromatic N) is 1. The van der Waals surface area contributed by atoms with Crippen LogP contribution < -0.4 is 0 Å². The quantitative estimate of drug-likeness (QED) is 0.700. The van der Waals surface area contributed by atoms with E-state index in [9.17, 15) is 4.79 Å². The van der Waals surface area contributed by atoms with Gasteiger partial charge in [0.2, 0.25) is 0 Å². The third kappa shape index (κ3) is 6.17. The normalized spacial score (nSPS) is 12.8. The van der Waals surface area contributed by atoms with E-state index in [1.54, 1.807) is 0 Å². The number of hydrogen-bond acceptors (Lipinski definition) is 3. The molecule has 0 bridgehead atoms. The van der Waals surface area contributed by atoms with Crippen molar-refractivity contribution in [1.29, 1.82) is 0 Å². The lowest BCUT2D eigenvalue weighted by Gasteiger charge is -2.24. The third-order valence-corrected chi connectivity index (χ3v) is 4.13. The van der Waals surface area contributed by atoms with E-state index in [4.69, 9.17) is 5.11 Å². The lowest BCUT2D eigenvalue weighted by atomic mass is 10.1. The van der Waals surface area contributed by atoms with Crippen LogP contribution in [0.2, 0.25) is 0 Å². The van der Waals surface area contributed by atoms with Crippen LogP contribution in [0.15, 0.2) is 17.5 Å². The van der Waals surface area contributed by atoms with E-state index in [0.717, 1.165) is 32.2 Å². The second-order valence-corrected chi connectivity index (χ2v) is 5.85. The number of hydrogen-bond donors (Lipinski definition) is 1. The van der Waals surface area contributed by atoms with Gasteiger partial charge in [0.1, 0.15) is 0 Å². The number of carboxylic acids is 1. The van der Waals surface area contributed by atoms with Crippen LogP contribution in [0.5, 0.6) is 0 Å². The van der Waals surface area contributed by atoms with Crippen molar-refractivity contribution < 1.29 is 9.90 Å². The van der Waals surface area contributed by atoms with Gasteiger partial charge in [-0.05, 0) is 51.2 Å². The minimum Gasteiger partial charge on any atom is -0.481 e. The van der Waals surface area contributed by atoms with Gasteiger partial charge in [0.15, 0.2) is 0 Å². The van der Waals surface area contributed by atoms with Gasteiger partial charge in [-0.2, -0.15) is 0 Å². The molecule has 1 heterocycles. The molecule has 1 rings (SSSR count). The fraction of sp³-hybridized carbons (Fsp3) is 0.643. The number of rotatable bonds is 9. The summed E-state index contributed by atoms with van der Waals surface area (Å²) in [5.74, 6) is -0.686. The number of aliphatic carboxylic acids is 1. The SMILES string of the molecule is CC(Cc1cccs1)N(C)CCCCCC(=O)O. The highest BCUT2D eigenvalue weighted by Gasteiger charge is 2.10. The van der Waals surface area contributed by atoms with Crippen LogP contribution in [0.3, 0.4) is 0 Å². The van der Waals surface area contributed by atoms with Gasteiger partial charge in [0, 0.05) is 17.3 Å². The van der Waals surface area contributed by atoms with Crippen molar-refractivity contribution in [3.05, 3.63) is 22.4 Å². The van der Waals surface area contributed by atoms with Crippen molar-refractivity contribution in [3.8, 4) is 0 Å².